The highest BCUT2D eigenvalue weighted by molar-refractivity contribution is 4.62. The van der Waals surface area contributed by atoms with Crippen LogP contribution in [0.25, 0.3) is 0 Å². The van der Waals surface area contributed by atoms with Crippen LogP contribution in [0.15, 0.2) is 0 Å². The number of aliphatic hydroxyl groups excluding tert-OH is 6. The van der Waals surface area contributed by atoms with Crippen LogP contribution in [-0.4, -0.2) is 191 Å². The van der Waals surface area contributed by atoms with Crippen LogP contribution >= 0.6 is 0 Å². The van der Waals surface area contributed by atoms with Gasteiger partial charge in [-0.3, -0.25) is 9.80 Å². The van der Waals surface area contributed by atoms with E-state index in [0.717, 1.165) is 163 Å². The molecule has 2 fully saturated rings. The molecule has 17 nitrogen and oxygen atoms in total. The minimum Gasteiger partial charge on any atom is -0.396 e. The summed E-state index contributed by atoms with van der Waals surface area (Å²) in [5, 5.41) is 49.0. The van der Waals surface area contributed by atoms with Crippen molar-refractivity contribution >= 4 is 0 Å². The summed E-state index contributed by atoms with van der Waals surface area (Å²) >= 11 is 0. The number of hydrogen-bond acceptors (Lipinski definition) is 17. The molecular weight excluding hydrogens is 662 g/mol. The van der Waals surface area contributed by atoms with E-state index in [9.17, 15) is 0 Å². The summed E-state index contributed by atoms with van der Waals surface area (Å²) in [6.45, 7) is 15.4. The molecule has 0 spiro atoms. The third kappa shape index (κ3) is 67.9. The normalized spacial score (nSPS) is 14.5. The molecule has 20 N–H and O–H groups in total. The van der Waals surface area contributed by atoms with E-state index in [1.54, 1.807) is 0 Å². The van der Waals surface area contributed by atoms with Gasteiger partial charge in [-0.25, -0.2) is 0 Å². The lowest BCUT2D eigenvalue weighted by Crippen LogP contribution is -2.39. The highest BCUT2D eigenvalue weighted by atomic mass is 16.5. The number of nitrogens with zero attached hydrogens (tertiary/aromatic N) is 2. The molecular formula is C34H87N9O8. The van der Waals surface area contributed by atoms with Gasteiger partial charge in [0.25, 0.3) is 0 Å². The molecule has 2 saturated heterocycles. The van der Waals surface area contributed by atoms with Crippen molar-refractivity contribution in [1.29, 1.82) is 0 Å². The molecule has 0 bridgehead atoms. The van der Waals surface area contributed by atoms with Gasteiger partial charge in [-0.1, -0.05) is 12.8 Å². The minimum absolute atomic E-state index is 0.135. The van der Waals surface area contributed by atoms with Gasteiger partial charge in [0.1, 0.15) is 0 Å². The van der Waals surface area contributed by atoms with Gasteiger partial charge in [0.15, 0.2) is 0 Å². The second kappa shape index (κ2) is 61.4. The first-order valence-electron chi connectivity index (χ1n) is 19.1. The van der Waals surface area contributed by atoms with Crippen molar-refractivity contribution in [1.82, 2.24) is 9.80 Å². The Balaban J connectivity index is -0.000000164. The quantitative estimate of drug-likeness (QED) is 0.0517. The third-order valence-electron chi connectivity index (χ3n) is 6.76. The number of morpholine rings is 2. The molecule has 0 amide bonds. The van der Waals surface area contributed by atoms with Crippen molar-refractivity contribution in [3.05, 3.63) is 0 Å². The Morgan fingerprint density at radius 1 is 0.412 bits per heavy atom. The Morgan fingerprint density at radius 3 is 1.02 bits per heavy atom. The van der Waals surface area contributed by atoms with Crippen LogP contribution in [0.2, 0.25) is 0 Å². The van der Waals surface area contributed by atoms with Crippen LogP contribution in [-0.2, 0) is 9.47 Å². The zero-order valence-electron chi connectivity index (χ0n) is 32.3. The fourth-order valence-electron chi connectivity index (χ4n) is 3.61. The maximum atomic E-state index is 8.33. The van der Waals surface area contributed by atoms with Crippen molar-refractivity contribution in [3.63, 3.8) is 0 Å². The molecule has 1 unspecified atom stereocenters. The highest BCUT2D eigenvalue weighted by Gasteiger charge is 2.08. The van der Waals surface area contributed by atoms with Gasteiger partial charge in [-0.05, 0) is 97.1 Å². The Bertz CT molecular complexity index is 509. The maximum absolute atomic E-state index is 8.33. The predicted octanol–water partition coefficient (Wildman–Crippen LogP) is -3.11. The Kier molecular flexibility index (Phi) is 71.7. The highest BCUT2D eigenvalue weighted by Crippen LogP contribution is 1.97. The summed E-state index contributed by atoms with van der Waals surface area (Å²) in [5.74, 6) is 0. The minimum atomic E-state index is -0.731. The van der Waals surface area contributed by atoms with Crippen molar-refractivity contribution in [3.8, 4) is 0 Å². The summed E-state index contributed by atoms with van der Waals surface area (Å²) in [6.07, 6.45) is 10.2. The molecule has 1 atom stereocenters. The molecule has 2 rings (SSSR count). The first-order chi connectivity index (χ1) is 24.8. The lowest BCUT2D eigenvalue weighted by molar-refractivity contribution is 0.0377. The summed E-state index contributed by atoms with van der Waals surface area (Å²) in [5.41, 5.74) is 36.2. The Hall–Kier alpha value is -0.680. The van der Waals surface area contributed by atoms with Crippen LogP contribution in [0, 0.1) is 0 Å². The van der Waals surface area contributed by atoms with E-state index >= 15 is 0 Å². The largest absolute Gasteiger partial charge is 0.396 e. The average Bonchev–Trinajstić information content (AvgIpc) is 3.17. The average molecular weight is 750 g/mol. The fourth-order valence-corrected chi connectivity index (χ4v) is 3.61. The standard InChI is InChI=1S/C7H16N2O.C6H14N2O.C6H15NO.C5H13NO.C4H11NO.C3H9NO2.C3H9NO/c8-2-1-3-9-4-6-10-7-5-9;7-1-2-8-3-5-9-6-4-8;7-5-3-1-2-4-6-8;6-4-2-1-3-5-7;5-3-1-2-4-6;4-1-3(6)2-5;4-2-1-3-5/h1-8H2;1-7H2;8H,1-7H2;7H,1-6H2;6H,1-5H2;3,5-6H,1-2,4H2;5H,1-4H2. The Labute approximate surface area is 311 Å². The maximum Gasteiger partial charge on any atom is 0.0892 e. The smallest absolute Gasteiger partial charge is 0.0892 e. The summed E-state index contributed by atoms with van der Waals surface area (Å²) in [7, 11) is 0. The Morgan fingerprint density at radius 2 is 0.745 bits per heavy atom. The number of hydrogen-bond donors (Lipinski definition) is 13. The first-order valence-corrected chi connectivity index (χ1v) is 19.1. The van der Waals surface area contributed by atoms with Gasteiger partial charge in [-0.2, -0.15) is 0 Å². The third-order valence-corrected chi connectivity index (χ3v) is 6.76. The van der Waals surface area contributed by atoms with Crippen LogP contribution in [0.5, 0.6) is 0 Å². The zero-order chi connectivity index (χ0) is 39.5. The first kappa shape index (κ1) is 59.6. The van der Waals surface area contributed by atoms with Crippen molar-refractivity contribution < 1.29 is 40.1 Å². The monoisotopic (exact) mass is 750 g/mol. The summed E-state index contributed by atoms with van der Waals surface area (Å²) in [6, 6.07) is 0. The molecule has 2 aliphatic rings. The summed E-state index contributed by atoms with van der Waals surface area (Å²) in [4.78, 5) is 4.72. The van der Waals surface area contributed by atoms with Crippen LogP contribution in [0.4, 0.5) is 0 Å². The van der Waals surface area contributed by atoms with Gasteiger partial charge in [0.2, 0.25) is 0 Å². The summed E-state index contributed by atoms with van der Waals surface area (Å²) < 4.78 is 10.4. The number of nitrogens with two attached hydrogens (primary N) is 7. The molecule has 0 aromatic heterocycles. The van der Waals surface area contributed by atoms with Gasteiger partial charge < -0.3 is 80.2 Å². The van der Waals surface area contributed by atoms with E-state index in [1.807, 2.05) is 0 Å². The van der Waals surface area contributed by atoms with Crippen LogP contribution in [0.3, 0.4) is 0 Å². The van der Waals surface area contributed by atoms with Crippen LogP contribution in [0.1, 0.15) is 70.6 Å². The molecule has 0 saturated carbocycles. The van der Waals surface area contributed by atoms with Gasteiger partial charge in [0.05, 0.1) is 39.1 Å². The molecule has 316 valence electrons. The second-order valence-corrected chi connectivity index (χ2v) is 11.5. The lowest BCUT2D eigenvalue weighted by atomic mass is 10.2. The predicted molar refractivity (Wildman–Crippen MR) is 210 cm³/mol. The molecule has 17 heteroatoms. The number of unbranched alkanes of at least 4 members (excludes halogenated alkanes) is 6. The van der Waals surface area contributed by atoms with E-state index in [0.29, 0.717) is 26.3 Å². The molecule has 0 radical (unpaired) electrons. The molecule has 2 aliphatic heterocycles. The number of rotatable bonds is 21. The second-order valence-electron chi connectivity index (χ2n) is 11.5. The van der Waals surface area contributed by atoms with Crippen molar-refractivity contribution in [2.75, 3.05) is 145 Å². The van der Waals surface area contributed by atoms with E-state index in [1.165, 1.54) is 0 Å². The van der Waals surface area contributed by atoms with Gasteiger partial charge >= 0.3 is 0 Å². The fraction of sp³-hybridized carbons (Fsp3) is 1.00. The van der Waals surface area contributed by atoms with Gasteiger partial charge in [-0.15, -0.1) is 0 Å². The lowest BCUT2D eigenvalue weighted by Gasteiger charge is -2.26. The van der Waals surface area contributed by atoms with Gasteiger partial charge in [0, 0.05) is 72.2 Å². The van der Waals surface area contributed by atoms with E-state index < -0.39 is 6.10 Å². The molecule has 51 heavy (non-hydrogen) atoms. The molecule has 0 aliphatic carbocycles. The zero-order valence-corrected chi connectivity index (χ0v) is 32.3. The van der Waals surface area contributed by atoms with Crippen molar-refractivity contribution in [2.24, 2.45) is 40.1 Å². The SMILES string of the molecule is NCC(O)CO.NCCCCCCO.NCCCCCO.NCCCCO.NCCCN1CCOCC1.NCCCO.NCCN1CCOCC1. The topological polar surface area (TPSA) is 328 Å². The molecule has 2 heterocycles. The number of aliphatic hydroxyl groups is 6. The van der Waals surface area contributed by atoms with Crippen LogP contribution < -0.4 is 40.1 Å². The van der Waals surface area contributed by atoms with E-state index in [4.69, 9.17) is 80.2 Å². The molecule has 0 aromatic rings. The number of ether oxygens (including phenoxy) is 2. The van der Waals surface area contributed by atoms with Crippen molar-refractivity contribution in [2.45, 2.75) is 76.7 Å². The van der Waals surface area contributed by atoms with E-state index in [2.05, 4.69) is 9.80 Å². The van der Waals surface area contributed by atoms with E-state index in [-0.39, 0.29) is 26.4 Å². The molecule has 0 aromatic carbocycles.